The summed E-state index contributed by atoms with van der Waals surface area (Å²) in [5, 5.41) is 10.2. The maximum absolute atomic E-state index is 10.2. The van der Waals surface area contributed by atoms with Gasteiger partial charge in [-0.2, -0.15) is 0 Å². The van der Waals surface area contributed by atoms with Crippen molar-refractivity contribution in [2.24, 2.45) is 45.4 Å². The van der Waals surface area contributed by atoms with Crippen LogP contribution in [0.25, 0.3) is 0 Å². The zero-order valence-corrected chi connectivity index (χ0v) is 17.8. The van der Waals surface area contributed by atoms with Crippen molar-refractivity contribution < 1.29 is 5.11 Å². The molecule has 0 aliphatic heterocycles. The van der Waals surface area contributed by atoms with Crippen molar-refractivity contribution in [3.05, 3.63) is 0 Å². The third-order valence-electron chi connectivity index (χ3n) is 9.60. The molecule has 4 rings (SSSR count). The Hall–Kier alpha value is -0.370. The van der Waals surface area contributed by atoms with Crippen LogP contribution in [0.4, 0.5) is 0 Å². The van der Waals surface area contributed by atoms with E-state index in [2.05, 4.69) is 34.6 Å². The third-order valence-corrected chi connectivity index (χ3v) is 9.60. The smallest absolute Gasteiger partial charge is 0.0543 e. The lowest BCUT2D eigenvalue weighted by Crippen LogP contribution is -2.54. The molecule has 0 heterocycles. The zero-order valence-electron chi connectivity index (χ0n) is 17.8. The summed E-state index contributed by atoms with van der Waals surface area (Å²) in [6.07, 6.45) is 11.8. The fourth-order valence-corrected chi connectivity index (χ4v) is 8.42. The summed E-state index contributed by atoms with van der Waals surface area (Å²) in [5.41, 5.74) is 2.42. The van der Waals surface area contributed by atoms with Crippen LogP contribution < -0.4 is 0 Å². The molecule has 4 aliphatic rings. The number of nitrogens with zero attached hydrogens (tertiary/aromatic N) is 1. The second-order valence-electron chi connectivity index (χ2n) is 11.1. The van der Waals surface area contributed by atoms with Gasteiger partial charge in [-0.25, -0.2) is 0 Å². The van der Waals surface area contributed by atoms with E-state index in [1.807, 2.05) is 0 Å². The van der Waals surface area contributed by atoms with E-state index in [1.165, 1.54) is 50.7 Å². The number of rotatable bonds is 2. The second-order valence-corrected chi connectivity index (χ2v) is 11.1. The van der Waals surface area contributed by atoms with Crippen molar-refractivity contribution in [3.63, 3.8) is 0 Å². The van der Waals surface area contributed by atoms with E-state index >= 15 is 0 Å². The van der Waals surface area contributed by atoms with Crippen molar-refractivity contribution >= 4 is 5.71 Å². The average Bonchev–Trinajstić information content (AvgIpc) is 2.92. The van der Waals surface area contributed by atoms with Gasteiger partial charge in [-0.1, -0.05) is 13.8 Å². The fraction of sp³-hybridized carbons (Fsp3) is 0.958. The molecule has 0 aromatic heterocycles. The number of hydrogen-bond acceptors (Lipinski definition) is 2. The number of hydrogen-bond donors (Lipinski definition) is 1. The van der Waals surface area contributed by atoms with E-state index in [1.54, 1.807) is 0 Å². The summed E-state index contributed by atoms with van der Waals surface area (Å²) in [6.45, 7) is 12.0. The number of fused-ring (bicyclic) bond motifs is 5. The summed E-state index contributed by atoms with van der Waals surface area (Å²) >= 11 is 0. The largest absolute Gasteiger partial charge is 0.393 e. The molecule has 2 nitrogen and oxygen atoms in total. The van der Waals surface area contributed by atoms with Crippen molar-refractivity contribution in [1.29, 1.82) is 0 Å². The Kier molecular flexibility index (Phi) is 4.82. The Balaban J connectivity index is 1.58. The molecule has 26 heavy (non-hydrogen) atoms. The van der Waals surface area contributed by atoms with Gasteiger partial charge in [-0.3, -0.25) is 4.99 Å². The lowest BCUT2D eigenvalue weighted by atomic mass is 9.44. The zero-order chi connectivity index (χ0) is 18.7. The summed E-state index contributed by atoms with van der Waals surface area (Å²) in [5.74, 6) is 4.25. The van der Waals surface area contributed by atoms with Gasteiger partial charge < -0.3 is 5.11 Å². The van der Waals surface area contributed by atoms with Crippen LogP contribution in [-0.2, 0) is 0 Å². The number of aliphatic imine (C=N–C) groups is 1. The molecule has 0 amide bonds. The van der Waals surface area contributed by atoms with Crippen molar-refractivity contribution in [2.75, 3.05) is 0 Å². The first-order valence-electron chi connectivity index (χ1n) is 11.5. The Bertz CT molecular complexity index is 569. The average molecular weight is 360 g/mol. The van der Waals surface area contributed by atoms with Crippen molar-refractivity contribution in [3.8, 4) is 0 Å². The van der Waals surface area contributed by atoms with Gasteiger partial charge in [0.15, 0.2) is 0 Å². The van der Waals surface area contributed by atoms with Crippen LogP contribution >= 0.6 is 0 Å². The fourth-order valence-electron chi connectivity index (χ4n) is 8.42. The first kappa shape index (κ1) is 19.0. The van der Waals surface area contributed by atoms with Gasteiger partial charge in [0.05, 0.1) is 6.10 Å². The lowest BCUT2D eigenvalue weighted by Gasteiger charge is -2.61. The molecule has 0 spiro atoms. The number of aliphatic hydroxyl groups is 1. The van der Waals surface area contributed by atoms with Crippen molar-refractivity contribution in [2.45, 2.75) is 105 Å². The highest BCUT2D eigenvalue weighted by molar-refractivity contribution is 5.85. The van der Waals surface area contributed by atoms with Gasteiger partial charge in [-0.15, -0.1) is 0 Å². The van der Waals surface area contributed by atoms with Crippen molar-refractivity contribution in [1.82, 2.24) is 0 Å². The molecule has 0 bridgehead atoms. The molecular formula is C24H41NO. The van der Waals surface area contributed by atoms with E-state index < -0.39 is 0 Å². The molecule has 0 unspecified atom stereocenters. The van der Waals surface area contributed by atoms with Gasteiger partial charge in [0.25, 0.3) is 0 Å². The normalized spacial score (nSPS) is 51.7. The van der Waals surface area contributed by atoms with Gasteiger partial charge >= 0.3 is 0 Å². The van der Waals surface area contributed by atoms with Gasteiger partial charge in [0, 0.05) is 17.7 Å². The monoisotopic (exact) mass is 359 g/mol. The van der Waals surface area contributed by atoms with E-state index in [9.17, 15) is 5.11 Å². The second kappa shape index (κ2) is 6.61. The molecule has 4 aliphatic carbocycles. The maximum Gasteiger partial charge on any atom is 0.0543 e. The third kappa shape index (κ3) is 2.81. The molecule has 1 N–H and O–H groups in total. The molecule has 0 saturated heterocycles. The van der Waals surface area contributed by atoms with Crippen LogP contribution in [0.15, 0.2) is 4.99 Å². The van der Waals surface area contributed by atoms with E-state index in [-0.39, 0.29) is 6.10 Å². The topological polar surface area (TPSA) is 32.6 Å². The maximum atomic E-state index is 10.2. The van der Waals surface area contributed by atoms with Crippen LogP contribution in [0.1, 0.15) is 92.4 Å². The molecule has 2 heteroatoms. The molecular weight excluding hydrogens is 318 g/mol. The van der Waals surface area contributed by atoms with E-state index in [0.717, 1.165) is 42.4 Å². The van der Waals surface area contributed by atoms with Crippen LogP contribution in [0, 0.1) is 40.4 Å². The highest BCUT2D eigenvalue weighted by Gasteiger charge is 2.60. The molecule has 0 aromatic rings. The van der Waals surface area contributed by atoms with Gasteiger partial charge in [-0.05, 0) is 113 Å². The SMILES string of the molecule is CC(=NC(C)C)[C@H]1CC[C@H]2[C@@H]3CC[C@@H]4C[C@@H](O)CC[C@]4(C)[C@H]3CC[C@]12C. The van der Waals surface area contributed by atoms with Gasteiger partial charge in [0.2, 0.25) is 0 Å². The minimum absolute atomic E-state index is 0.0239. The Morgan fingerprint density at radius 2 is 1.62 bits per heavy atom. The predicted molar refractivity (Wildman–Crippen MR) is 109 cm³/mol. The number of aliphatic hydroxyl groups excluding tert-OH is 1. The Labute approximate surface area is 161 Å². The first-order valence-corrected chi connectivity index (χ1v) is 11.5. The summed E-state index contributed by atoms with van der Waals surface area (Å²) < 4.78 is 0. The van der Waals surface area contributed by atoms with E-state index in [0.29, 0.717) is 16.9 Å². The van der Waals surface area contributed by atoms with Crippen LogP contribution in [0.5, 0.6) is 0 Å². The lowest BCUT2D eigenvalue weighted by molar-refractivity contribution is -0.123. The summed E-state index contributed by atoms with van der Waals surface area (Å²) in [7, 11) is 0. The molecule has 0 radical (unpaired) electrons. The molecule has 4 saturated carbocycles. The first-order chi connectivity index (χ1) is 12.3. The van der Waals surface area contributed by atoms with Crippen LogP contribution in [0.2, 0.25) is 0 Å². The minimum atomic E-state index is -0.0239. The standard InChI is InChI=1S/C24H41NO/c1-15(2)25-16(3)20-8-9-21-19-7-6-17-14-18(26)10-12-23(17,4)22(19)11-13-24(20,21)5/h15,17-22,26H,6-14H2,1-5H3/t17-,18+,19+,20-,21+,22+,23+,24-/m1/s1. The van der Waals surface area contributed by atoms with E-state index in [4.69, 9.17) is 4.99 Å². The summed E-state index contributed by atoms with van der Waals surface area (Å²) in [4.78, 5) is 4.98. The summed E-state index contributed by atoms with van der Waals surface area (Å²) in [6, 6.07) is 0.428. The minimum Gasteiger partial charge on any atom is -0.393 e. The highest BCUT2D eigenvalue weighted by atomic mass is 16.3. The quantitative estimate of drug-likeness (QED) is 0.614. The Morgan fingerprint density at radius 3 is 2.35 bits per heavy atom. The molecule has 148 valence electrons. The predicted octanol–water partition coefficient (Wildman–Crippen LogP) is 5.88. The molecule has 8 atom stereocenters. The van der Waals surface area contributed by atoms with Gasteiger partial charge in [0.1, 0.15) is 0 Å². The van der Waals surface area contributed by atoms with Crippen LogP contribution in [0.3, 0.4) is 0 Å². The Morgan fingerprint density at radius 1 is 0.923 bits per heavy atom. The molecule has 0 aromatic carbocycles. The highest BCUT2D eigenvalue weighted by Crippen LogP contribution is 2.67. The molecule has 4 fully saturated rings. The van der Waals surface area contributed by atoms with Crippen LogP contribution in [-0.4, -0.2) is 23.0 Å².